The third-order valence-corrected chi connectivity index (χ3v) is 4.57. The van der Waals surface area contributed by atoms with E-state index < -0.39 is 0 Å². The SMILES string of the molecule is CCc1cccc(CC)c1N1CC(CBr)CC1=O. The molecule has 0 spiro atoms. The Morgan fingerprint density at radius 2 is 1.89 bits per heavy atom. The van der Waals surface area contributed by atoms with Crippen molar-refractivity contribution in [2.45, 2.75) is 33.1 Å². The third kappa shape index (κ3) is 2.46. The lowest BCUT2D eigenvalue weighted by Gasteiger charge is -2.23. The number of carbonyl (C=O) groups excluding carboxylic acids is 1. The molecule has 1 atom stereocenters. The number of hydrogen-bond donors (Lipinski definition) is 0. The summed E-state index contributed by atoms with van der Waals surface area (Å²) in [6.07, 6.45) is 2.63. The van der Waals surface area contributed by atoms with Gasteiger partial charge in [-0.1, -0.05) is 48.0 Å². The number of amides is 1. The molecule has 1 unspecified atom stereocenters. The molecular weight excluding hydrogens is 290 g/mol. The molecule has 0 saturated carbocycles. The molecule has 0 aromatic heterocycles. The molecule has 0 bridgehead atoms. The van der Waals surface area contributed by atoms with Crippen LogP contribution in [0.2, 0.25) is 0 Å². The lowest BCUT2D eigenvalue weighted by Crippen LogP contribution is -2.27. The summed E-state index contributed by atoms with van der Waals surface area (Å²) in [7, 11) is 0. The van der Waals surface area contributed by atoms with Gasteiger partial charge in [-0.3, -0.25) is 4.79 Å². The molecule has 0 N–H and O–H groups in total. The van der Waals surface area contributed by atoms with Crippen LogP contribution in [0.25, 0.3) is 0 Å². The average molecular weight is 310 g/mol. The van der Waals surface area contributed by atoms with Crippen molar-refractivity contribution in [1.82, 2.24) is 0 Å². The second-order valence-corrected chi connectivity index (χ2v) is 5.51. The Bertz CT molecular complexity index is 422. The second-order valence-electron chi connectivity index (χ2n) is 4.86. The van der Waals surface area contributed by atoms with E-state index in [1.54, 1.807) is 0 Å². The number of aryl methyl sites for hydroxylation is 2. The van der Waals surface area contributed by atoms with E-state index >= 15 is 0 Å². The number of rotatable bonds is 4. The van der Waals surface area contributed by atoms with Gasteiger partial charge < -0.3 is 4.90 Å². The van der Waals surface area contributed by atoms with E-state index in [0.717, 1.165) is 24.7 Å². The highest BCUT2D eigenvalue weighted by Gasteiger charge is 2.31. The van der Waals surface area contributed by atoms with Crippen molar-refractivity contribution in [1.29, 1.82) is 0 Å². The minimum atomic E-state index is 0.273. The molecule has 1 heterocycles. The first-order chi connectivity index (χ1) is 8.71. The second kappa shape index (κ2) is 5.87. The Kier molecular flexibility index (Phi) is 4.44. The van der Waals surface area contributed by atoms with Crippen molar-refractivity contribution in [2.75, 3.05) is 16.8 Å². The average Bonchev–Trinajstić information content (AvgIpc) is 2.78. The highest BCUT2D eigenvalue weighted by Crippen LogP contribution is 2.32. The highest BCUT2D eigenvalue weighted by molar-refractivity contribution is 9.09. The fraction of sp³-hybridized carbons (Fsp3) is 0.533. The molecule has 1 aromatic carbocycles. The number of nitrogens with zero attached hydrogens (tertiary/aromatic N) is 1. The Balaban J connectivity index is 2.40. The maximum absolute atomic E-state index is 12.2. The predicted molar refractivity (Wildman–Crippen MR) is 79.5 cm³/mol. The van der Waals surface area contributed by atoms with E-state index in [0.29, 0.717) is 12.3 Å². The molecule has 1 aromatic rings. The molecule has 2 nitrogen and oxygen atoms in total. The highest BCUT2D eigenvalue weighted by atomic mass is 79.9. The maximum Gasteiger partial charge on any atom is 0.227 e. The normalized spacial score (nSPS) is 19.6. The van der Waals surface area contributed by atoms with Crippen molar-refractivity contribution in [2.24, 2.45) is 5.92 Å². The third-order valence-electron chi connectivity index (χ3n) is 3.66. The molecule has 0 aliphatic carbocycles. The van der Waals surface area contributed by atoms with Crippen LogP contribution in [0.1, 0.15) is 31.4 Å². The zero-order valence-corrected chi connectivity index (χ0v) is 12.7. The fourth-order valence-electron chi connectivity index (χ4n) is 2.66. The van der Waals surface area contributed by atoms with Crippen LogP contribution in [-0.2, 0) is 17.6 Å². The number of carbonyl (C=O) groups is 1. The van der Waals surface area contributed by atoms with Crippen LogP contribution in [0.15, 0.2) is 18.2 Å². The summed E-state index contributed by atoms with van der Waals surface area (Å²) < 4.78 is 0. The van der Waals surface area contributed by atoms with Gasteiger partial charge in [-0.25, -0.2) is 0 Å². The van der Waals surface area contributed by atoms with Gasteiger partial charge in [0.1, 0.15) is 0 Å². The summed E-state index contributed by atoms with van der Waals surface area (Å²) >= 11 is 3.50. The van der Waals surface area contributed by atoms with Crippen molar-refractivity contribution in [3.63, 3.8) is 0 Å². The molecule has 1 aliphatic heterocycles. The van der Waals surface area contributed by atoms with Crippen LogP contribution in [-0.4, -0.2) is 17.8 Å². The van der Waals surface area contributed by atoms with Gasteiger partial charge in [0.05, 0.1) is 0 Å². The Morgan fingerprint density at radius 3 is 2.33 bits per heavy atom. The molecule has 1 saturated heterocycles. The van der Waals surface area contributed by atoms with Gasteiger partial charge in [-0.15, -0.1) is 0 Å². The van der Waals surface area contributed by atoms with E-state index in [1.807, 2.05) is 4.90 Å². The zero-order valence-electron chi connectivity index (χ0n) is 11.1. The summed E-state index contributed by atoms with van der Waals surface area (Å²) in [5.74, 6) is 0.724. The first-order valence-electron chi connectivity index (χ1n) is 6.68. The first kappa shape index (κ1) is 13.6. The monoisotopic (exact) mass is 309 g/mol. The summed E-state index contributed by atoms with van der Waals surface area (Å²) in [5, 5.41) is 0.908. The summed E-state index contributed by atoms with van der Waals surface area (Å²) in [4.78, 5) is 14.2. The molecule has 1 aliphatic rings. The van der Waals surface area contributed by atoms with Crippen LogP contribution >= 0.6 is 15.9 Å². The van der Waals surface area contributed by atoms with Gasteiger partial charge in [0.2, 0.25) is 5.91 Å². The van der Waals surface area contributed by atoms with E-state index in [-0.39, 0.29) is 5.91 Å². The van der Waals surface area contributed by atoms with Crippen molar-refractivity contribution in [3.05, 3.63) is 29.3 Å². The minimum absolute atomic E-state index is 0.273. The van der Waals surface area contributed by atoms with Gasteiger partial charge in [-0.05, 0) is 29.9 Å². The summed E-state index contributed by atoms with van der Waals surface area (Å²) in [6.45, 7) is 5.16. The van der Waals surface area contributed by atoms with E-state index in [1.165, 1.54) is 16.8 Å². The molecule has 1 amide bonds. The number of alkyl halides is 1. The molecule has 3 heteroatoms. The number of para-hydroxylation sites is 1. The lowest BCUT2D eigenvalue weighted by molar-refractivity contribution is -0.117. The van der Waals surface area contributed by atoms with E-state index in [4.69, 9.17) is 0 Å². The van der Waals surface area contributed by atoms with Gasteiger partial charge in [-0.2, -0.15) is 0 Å². The van der Waals surface area contributed by atoms with E-state index in [2.05, 4.69) is 48.0 Å². The fourth-order valence-corrected chi connectivity index (χ4v) is 3.10. The van der Waals surface area contributed by atoms with Crippen molar-refractivity contribution in [3.8, 4) is 0 Å². The van der Waals surface area contributed by atoms with Crippen molar-refractivity contribution < 1.29 is 4.79 Å². The minimum Gasteiger partial charge on any atom is -0.312 e. The predicted octanol–water partition coefficient (Wildman–Crippen LogP) is 3.56. The smallest absolute Gasteiger partial charge is 0.227 e. The summed E-state index contributed by atoms with van der Waals surface area (Å²) in [6, 6.07) is 6.39. The molecule has 0 radical (unpaired) electrons. The largest absolute Gasteiger partial charge is 0.312 e. The first-order valence-corrected chi connectivity index (χ1v) is 7.80. The van der Waals surface area contributed by atoms with Crippen molar-refractivity contribution >= 4 is 27.5 Å². The molecule has 18 heavy (non-hydrogen) atoms. The number of anilines is 1. The maximum atomic E-state index is 12.2. The van der Waals surface area contributed by atoms with Crippen LogP contribution in [0.4, 0.5) is 5.69 Å². The Hall–Kier alpha value is -0.830. The van der Waals surface area contributed by atoms with Crippen LogP contribution in [0.3, 0.4) is 0 Å². The van der Waals surface area contributed by atoms with Gasteiger partial charge >= 0.3 is 0 Å². The summed E-state index contributed by atoms with van der Waals surface area (Å²) in [5.41, 5.74) is 3.76. The number of benzene rings is 1. The molecular formula is C15H20BrNO. The van der Waals surface area contributed by atoms with Crippen LogP contribution in [0.5, 0.6) is 0 Å². The number of halogens is 1. The lowest BCUT2D eigenvalue weighted by atomic mass is 10.0. The van der Waals surface area contributed by atoms with Crippen LogP contribution < -0.4 is 4.90 Å². The topological polar surface area (TPSA) is 20.3 Å². The van der Waals surface area contributed by atoms with Gasteiger partial charge in [0.15, 0.2) is 0 Å². The van der Waals surface area contributed by atoms with Gasteiger partial charge in [0.25, 0.3) is 0 Å². The van der Waals surface area contributed by atoms with Gasteiger partial charge in [0, 0.05) is 24.0 Å². The standard InChI is InChI=1S/C15H20BrNO/c1-3-12-6-5-7-13(4-2)15(12)17-10-11(9-16)8-14(17)18/h5-7,11H,3-4,8-10H2,1-2H3. The zero-order chi connectivity index (χ0) is 13.1. The quantitative estimate of drug-likeness (QED) is 0.779. The molecule has 1 fully saturated rings. The Morgan fingerprint density at radius 1 is 1.28 bits per heavy atom. The Labute approximate surface area is 117 Å². The molecule has 2 rings (SSSR count). The van der Waals surface area contributed by atoms with Crippen LogP contribution in [0, 0.1) is 5.92 Å². The van der Waals surface area contributed by atoms with E-state index in [9.17, 15) is 4.79 Å². The molecule has 98 valence electrons. The number of hydrogen-bond acceptors (Lipinski definition) is 1.